The molecule has 1 aliphatic carbocycles. The van der Waals surface area contributed by atoms with Crippen LogP contribution in [0.3, 0.4) is 0 Å². The summed E-state index contributed by atoms with van der Waals surface area (Å²) in [7, 11) is 0. The number of hydrogen-bond donors (Lipinski definition) is 1. The second-order valence-corrected chi connectivity index (χ2v) is 15.1. The van der Waals surface area contributed by atoms with E-state index in [1.807, 2.05) is 19.9 Å². The molecule has 5 atom stereocenters. The number of alkyl halides is 1. The smallest absolute Gasteiger partial charge is 0.319 e. The summed E-state index contributed by atoms with van der Waals surface area (Å²) in [6.45, 7) is 6.13. The molecule has 1 N–H and O–H groups in total. The molecule has 2 aromatic carbocycles. The Labute approximate surface area is 298 Å². The zero-order valence-corrected chi connectivity index (χ0v) is 29.2. The lowest BCUT2D eigenvalue weighted by atomic mass is 9.92. The third-order valence-corrected chi connectivity index (χ3v) is 12.1. The fraction of sp³-hybridized carbons (Fsp3) is 0.462. The van der Waals surface area contributed by atoms with E-state index in [0.717, 1.165) is 37.9 Å². The molecule has 4 fully saturated rings. The summed E-state index contributed by atoms with van der Waals surface area (Å²) in [4.78, 5) is 31.8. The highest BCUT2D eigenvalue weighted by Crippen LogP contribution is 2.46. The lowest BCUT2D eigenvalue weighted by Gasteiger charge is -2.31. The highest BCUT2D eigenvalue weighted by molar-refractivity contribution is 6.01. The number of aromatic nitrogens is 5. The van der Waals surface area contributed by atoms with Crippen LogP contribution in [-0.4, -0.2) is 85.1 Å². The number of aryl methyl sites for hydroxylation is 2. The van der Waals surface area contributed by atoms with Crippen molar-refractivity contribution in [3.05, 3.63) is 65.6 Å². The normalized spacial score (nSPS) is 25.8. The SMILES string of the molecule is CCc1c(F)ccc2cc(O)cc(-c3ncc4c(N5CC6CCC(C(=O)n7ccc(C)n7)C6C5)nc(OC[C@@]56CCCN5C[C@H](F)C6)nc4c3F)c12. The maximum atomic E-state index is 17.1. The molecule has 5 aromatic rings. The van der Waals surface area contributed by atoms with Gasteiger partial charge in [0.05, 0.1) is 16.6 Å². The first-order valence-corrected chi connectivity index (χ1v) is 18.3. The fourth-order valence-electron chi connectivity index (χ4n) is 9.65. The van der Waals surface area contributed by atoms with Crippen LogP contribution in [0.1, 0.15) is 55.1 Å². The molecule has 0 spiro atoms. The second-order valence-electron chi connectivity index (χ2n) is 15.1. The molecule has 0 bridgehead atoms. The first-order valence-electron chi connectivity index (χ1n) is 18.3. The van der Waals surface area contributed by atoms with E-state index in [1.165, 1.54) is 29.1 Å². The number of ether oxygens (including phenoxy) is 1. The Hall–Kier alpha value is -4.78. The second kappa shape index (κ2) is 12.4. The molecule has 9 rings (SSSR count). The topological polar surface area (TPSA) is 110 Å². The first-order chi connectivity index (χ1) is 25.1. The van der Waals surface area contributed by atoms with Crippen molar-refractivity contribution in [2.45, 2.75) is 64.1 Å². The quantitative estimate of drug-likeness (QED) is 0.198. The van der Waals surface area contributed by atoms with Crippen LogP contribution < -0.4 is 9.64 Å². The van der Waals surface area contributed by atoms with E-state index in [-0.39, 0.29) is 58.8 Å². The van der Waals surface area contributed by atoms with Gasteiger partial charge in [-0.3, -0.25) is 14.7 Å². The van der Waals surface area contributed by atoms with E-state index in [9.17, 15) is 14.3 Å². The highest BCUT2D eigenvalue weighted by Gasteiger charge is 2.50. The third-order valence-electron chi connectivity index (χ3n) is 12.1. The van der Waals surface area contributed by atoms with Gasteiger partial charge in [-0.25, -0.2) is 17.9 Å². The van der Waals surface area contributed by atoms with Crippen LogP contribution in [0, 0.1) is 36.3 Å². The standard InChI is InChI=1S/C39H40F3N7O3/c1-3-26-31(41)8-6-22-13-25(50)14-28(32(22)26)34-33(42)35-29(16-43-34)36(45-38(44-35)52-20-39-10-4-11-48(39)18-24(40)15-39)47-17-23-5-7-27(30(23)19-47)37(51)49-12-9-21(2)46-49/h6,8-9,12-14,16,23-24,27,30,50H,3-5,7,10-11,15,17-20H2,1-2H3/t23?,24-,27?,30?,39+/m1/s1. The van der Waals surface area contributed by atoms with E-state index in [2.05, 4.69) is 24.9 Å². The number of phenols is 1. The Morgan fingerprint density at radius 2 is 1.98 bits per heavy atom. The summed E-state index contributed by atoms with van der Waals surface area (Å²) in [5, 5.41) is 16.4. The summed E-state index contributed by atoms with van der Waals surface area (Å²) in [5.41, 5.74) is 0.841. The van der Waals surface area contributed by atoms with Crippen LogP contribution in [-0.2, 0) is 6.42 Å². The minimum Gasteiger partial charge on any atom is -0.508 e. The predicted octanol–water partition coefficient (Wildman–Crippen LogP) is 6.65. The van der Waals surface area contributed by atoms with E-state index < -0.39 is 23.3 Å². The Morgan fingerprint density at radius 3 is 2.79 bits per heavy atom. The average molecular weight is 712 g/mol. The van der Waals surface area contributed by atoms with Crippen molar-refractivity contribution in [3.63, 3.8) is 0 Å². The first kappa shape index (κ1) is 33.1. The van der Waals surface area contributed by atoms with Gasteiger partial charge in [0.25, 0.3) is 0 Å². The van der Waals surface area contributed by atoms with Crippen molar-refractivity contribution in [1.29, 1.82) is 0 Å². The lowest BCUT2D eigenvalue weighted by Crippen LogP contribution is -2.43. The average Bonchev–Trinajstić information content (AvgIpc) is 3.95. The molecule has 3 unspecified atom stereocenters. The van der Waals surface area contributed by atoms with Gasteiger partial charge in [0.15, 0.2) is 5.82 Å². The van der Waals surface area contributed by atoms with Crippen LogP contribution in [0.25, 0.3) is 32.9 Å². The molecule has 0 radical (unpaired) electrons. The largest absolute Gasteiger partial charge is 0.508 e. The Bertz CT molecular complexity index is 2250. The van der Waals surface area contributed by atoms with Crippen LogP contribution in [0.2, 0.25) is 0 Å². The number of benzene rings is 2. The van der Waals surface area contributed by atoms with Gasteiger partial charge in [0.2, 0.25) is 5.91 Å². The van der Waals surface area contributed by atoms with E-state index in [0.29, 0.717) is 60.0 Å². The summed E-state index contributed by atoms with van der Waals surface area (Å²) in [6, 6.07) is 7.62. The fourth-order valence-corrected chi connectivity index (χ4v) is 9.65. The van der Waals surface area contributed by atoms with Crippen molar-refractivity contribution in [3.8, 4) is 23.0 Å². The maximum Gasteiger partial charge on any atom is 0.319 e. The van der Waals surface area contributed by atoms with Gasteiger partial charge in [-0.2, -0.15) is 15.1 Å². The molecule has 6 heterocycles. The number of phenolic OH excluding ortho intramolecular Hbond substituents is 1. The monoisotopic (exact) mass is 711 g/mol. The van der Waals surface area contributed by atoms with Crippen molar-refractivity contribution in [2.24, 2.45) is 17.8 Å². The summed E-state index contributed by atoms with van der Waals surface area (Å²) >= 11 is 0. The van der Waals surface area contributed by atoms with Crippen LogP contribution in [0.4, 0.5) is 19.0 Å². The Morgan fingerprint density at radius 1 is 1.12 bits per heavy atom. The van der Waals surface area contributed by atoms with Crippen LogP contribution >= 0.6 is 0 Å². The van der Waals surface area contributed by atoms with Crippen molar-refractivity contribution >= 4 is 33.4 Å². The molecule has 3 saturated heterocycles. The molecular weight excluding hydrogens is 671 g/mol. The molecular formula is C39H40F3N7O3. The van der Waals surface area contributed by atoms with E-state index >= 15 is 8.78 Å². The zero-order chi connectivity index (χ0) is 35.9. The maximum absolute atomic E-state index is 17.1. The number of aromatic hydroxyl groups is 1. The predicted molar refractivity (Wildman–Crippen MR) is 189 cm³/mol. The number of anilines is 1. The summed E-state index contributed by atoms with van der Waals surface area (Å²) in [6.07, 6.45) is 6.36. The van der Waals surface area contributed by atoms with Crippen LogP contribution in [0.15, 0.2) is 42.7 Å². The molecule has 3 aromatic heterocycles. The molecule has 13 heteroatoms. The number of nitrogens with zero attached hydrogens (tertiary/aromatic N) is 7. The number of carbonyl (C=O) groups is 1. The summed E-state index contributed by atoms with van der Waals surface area (Å²) < 4.78 is 54.5. The molecule has 270 valence electrons. The Balaban J connectivity index is 1.14. The molecule has 52 heavy (non-hydrogen) atoms. The molecule has 1 saturated carbocycles. The van der Waals surface area contributed by atoms with Gasteiger partial charge in [-0.05, 0) is 98.0 Å². The molecule has 10 nitrogen and oxygen atoms in total. The lowest BCUT2D eigenvalue weighted by molar-refractivity contribution is 0.0785. The minimum absolute atomic E-state index is 0.0248. The number of fused-ring (bicyclic) bond motifs is 4. The van der Waals surface area contributed by atoms with Crippen LogP contribution in [0.5, 0.6) is 11.8 Å². The number of pyridine rings is 1. The molecule has 0 amide bonds. The van der Waals surface area contributed by atoms with Crippen molar-refractivity contribution in [1.82, 2.24) is 29.6 Å². The number of carbonyl (C=O) groups excluding carboxylic acids is 1. The summed E-state index contributed by atoms with van der Waals surface area (Å²) in [5.74, 6) is -0.798. The van der Waals surface area contributed by atoms with Gasteiger partial charge in [0, 0.05) is 49.9 Å². The van der Waals surface area contributed by atoms with Crippen molar-refractivity contribution in [2.75, 3.05) is 37.7 Å². The third kappa shape index (κ3) is 5.30. The number of halogens is 3. The van der Waals surface area contributed by atoms with Crippen molar-refractivity contribution < 1.29 is 27.8 Å². The Kier molecular flexibility index (Phi) is 7.90. The van der Waals surface area contributed by atoms with Gasteiger partial charge in [-0.1, -0.05) is 13.0 Å². The van der Waals surface area contributed by atoms with E-state index in [1.54, 1.807) is 12.3 Å². The molecule has 4 aliphatic rings. The van der Waals surface area contributed by atoms with E-state index in [4.69, 9.17) is 9.72 Å². The van der Waals surface area contributed by atoms with Gasteiger partial charge >= 0.3 is 6.01 Å². The minimum atomic E-state index is -0.941. The van der Waals surface area contributed by atoms with Gasteiger partial charge in [-0.15, -0.1) is 0 Å². The highest BCUT2D eigenvalue weighted by atomic mass is 19.1. The van der Waals surface area contributed by atoms with Gasteiger partial charge < -0.3 is 14.7 Å². The number of rotatable bonds is 7. The van der Waals surface area contributed by atoms with Gasteiger partial charge in [0.1, 0.15) is 41.4 Å². The molecule has 3 aliphatic heterocycles. The zero-order valence-electron chi connectivity index (χ0n) is 29.2. The number of hydrogen-bond acceptors (Lipinski definition) is 9.